The molecule has 0 aliphatic rings. The Hall–Kier alpha value is -2.14. The highest BCUT2D eigenvalue weighted by atomic mass is 16.5. The Morgan fingerprint density at radius 1 is 1.20 bits per heavy atom. The van der Waals surface area contributed by atoms with Gasteiger partial charge in [0, 0.05) is 17.3 Å². The van der Waals surface area contributed by atoms with Crippen molar-refractivity contribution in [3.63, 3.8) is 0 Å². The van der Waals surface area contributed by atoms with E-state index < -0.39 is 0 Å². The number of ether oxygens (including phenoxy) is 1. The van der Waals surface area contributed by atoms with E-state index in [1.807, 2.05) is 51.1 Å². The highest BCUT2D eigenvalue weighted by molar-refractivity contribution is 5.58. The lowest BCUT2D eigenvalue weighted by molar-refractivity contribution is 0.242. The molecule has 1 aromatic heterocycles. The molecule has 1 aromatic carbocycles. The normalized spacial score (nSPS) is 10.7. The average Bonchev–Trinajstić information content (AvgIpc) is 2.46. The molecular formula is C15H20N4O. The summed E-state index contributed by atoms with van der Waals surface area (Å²) in [5, 5.41) is 0. The molecule has 0 bridgehead atoms. The zero-order chi connectivity index (χ0) is 14.5. The van der Waals surface area contributed by atoms with Crippen LogP contribution in [0.5, 0.6) is 5.75 Å². The van der Waals surface area contributed by atoms with Crippen molar-refractivity contribution in [3.05, 3.63) is 36.0 Å². The molecule has 0 fully saturated rings. The van der Waals surface area contributed by atoms with Crippen LogP contribution in [0.3, 0.4) is 0 Å². The van der Waals surface area contributed by atoms with Gasteiger partial charge >= 0.3 is 0 Å². The number of nitrogens with two attached hydrogens (primary N) is 1. The van der Waals surface area contributed by atoms with E-state index in [0.717, 1.165) is 23.4 Å². The van der Waals surface area contributed by atoms with Gasteiger partial charge in [-0.2, -0.15) is 0 Å². The second kappa shape index (κ2) is 6.34. The van der Waals surface area contributed by atoms with E-state index in [1.54, 1.807) is 0 Å². The molecule has 2 aromatic rings. The summed E-state index contributed by atoms with van der Waals surface area (Å²) >= 11 is 0. The second-order valence-corrected chi connectivity index (χ2v) is 4.76. The first kappa shape index (κ1) is 14.3. The molecule has 106 valence electrons. The summed E-state index contributed by atoms with van der Waals surface area (Å²) in [6, 6.07) is 9.60. The molecule has 0 unspecified atom stereocenters. The molecule has 0 amide bonds. The minimum Gasteiger partial charge on any atom is -0.491 e. The van der Waals surface area contributed by atoms with Gasteiger partial charge in [0.05, 0.1) is 6.10 Å². The molecule has 0 atom stereocenters. The lowest BCUT2D eigenvalue weighted by Gasteiger charge is -2.10. The minimum atomic E-state index is 0.161. The predicted octanol–water partition coefficient (Wildman–Crippen LogP) is 2.78. The van der Waals surface area contributed by atoms with Gasteiger partial charge in [0.25, 0.3) is 0 Å². The third kappa shape index (κ3) is 3.45. The van der Waals surface area contributed by atoms with Crippen LogP contribution in [0.4, 0.5) is 5.82 Å². The highest BCUT2D eigenvalue weighted by Crippen LogP contribution is 2.21. The zero-order valence-electron chi connectivity index (χ0n) is 12.1. The number of rotatable bonds is 5. The molecule has 0 saturated heterocycles. The van der Waals surface area contributed by atoms with Crippen LogP contribution in [-0.4, -0.2) is 16.1 Å². The van der Waals surface area contributed by atoms with Gasteiger partial charge in [-0.3, -0.25) is 0 Å². The van der Waals surface area contributed by atoms with Crippen molar-refractivity contribution < 1.29 is 4.74 Å². The van der Waals surface area contributed by atoms with Crippen molar-refractivity contribution in [2.24, 2.45) is 5.84 Å². The monoisotopic (exact) mass is 272 g/mol. The minimum absolute atomic E-state index is 0.161. The van der Waals surface area contributed by atoms with Gasteiger partial charge in [-0.25, -0.2) is 15.8 Å². The fraction of sp³-hybridized carbons (Fsp3) is 0.333. The van der Waals surface area contributed by atoms with Crippen LogP contribution in [0.1, 0.15) is 26.5 Å². The fourth-order valence-electron chi connectivity index (χ4n) is 1.84. The smallest absolute Gasteiger partial charge is 0.161 e. The van der Waals surface area contributed by atoms with Gasteiger partial charge in [-0.05, 0) is 44.5 Å². The zero-order valence-corrected chi connectivity index (χ0v) is 12.1. The van der Waals surface area contributed by atoms with E-state index in [0.29, 0.717) is 11.6 Å². The number of nitrogen functional groups attached to an aromatic ring is 1. The maximum Gasteiger partial charge on any atom is 0.161 e. The average molecular weight is 272 g/mol. The third-order valence-corrected chi connectivity index (χ3v) is 2.77. The molecule has 0 radical (unpaired) electrons. The highest BCUT2D eigenvalue weighted by Gasteiger charge is 2.06. The summed E-state index contributed by atoms with van der Waals surface area (Å²) in [6.45, 7) is 6.05. The van der Waals surface area contributed by atoms with Crippen LogP contribution in [0.25, 0.3) is 11.4 Å². The van der Waals surface area contributed by atoms with Crippen molar-refractivity contribution in [2.45, 2.75) is 33.3 Å². The number of anilines is 1. The first-order valence-electron chi connectivity index (χ1n) is 6.74. The summed E-state index contributed by atoms with van der Waals surface area (Å²) in [7, 11) is 0. The van der Waals surface area contributed by atoms with Crippen LogP contribution in [-0.2, 0) is 6.42 Å². The Morgan fingerprint density at radius 3 is 2.45 bits per heavy atom. The molecule has 0 aliphatic heterocycles. The number of aryl methyl sites for hydroxylation is 1. The van der Waals surface area contributed by atoms with Gasteiger partial charge in [-0.15, -0.1) is 0 Å². The standard InChI is InChI=1S/C15H20N4O/c1-4-12-9-14(19-16)18-15(17-12)11-5-7-13(8-6-11)20-10(2)3/h5-10H,4,16H2,1-3H3,(H,17,18,19). The van der Waals surface area contributed by atoms with Crippen molar-refractivity contribution in [1.82, 2.24) is 9.97 Å². The molecule has 3 N–H and O–H groups in total. The SMILES string of the molecule is CCc1cc(NN)nc(-c2ccc(OC(C)C)cc2)n1. The van der Waals surface area contributed by atoms with Gasteiger partial charge in [0.2, 0.25) is 0 Å². The Labute approximate surface area is 119 Å². The molecule has 0 saturated carbocycles. The molecular weight excluding hydrogens is 252 g/mol. The summed E-state index contributed by atoms with van der Waals surface area (Å²) in [5.74, 6) is 7.56. The van der Waals surface area contributed by atoms with Crippen molar-refractivity contribution in [3.8, 4) is 17.1 Å². The number of hydrogen-bond acceptors (Lipinski definition) is 5. The summed E-state index contributed by atoms with van der Waals surface area (Å²) < 4.78 is 5.62. The number of hydrazine groups is 1. The van der Waals surface area contributed by atoms with Crippen LogP contribution in [0, 0.1) is 0 Å². The lowest BCUT2D eigenvalue weighted by atomic mass is 10.2. The van der Waals surface area contributed by atoms with Crippen LogP contribution in [0.15, 0.2) is 30.3 Å². The number of aromatic nitrogens is 2. The Bertz CT molecular complexity index is 544. The van der Waals surface area contributed by atoms with Crippen LogP contribution >= 0.6 is 0 Å². The van der Waals surface area contributed by atoms with Crippen molar-refractivity contribution in [2.75, 3.05) is 5.43 Å². The molecule has 5 heteroatoms. The van der Waals surface area contributed by atoms with Gasteiger partial charge in [0.15, 0.2) is 5.82 Å². The maximum atomic E-state index is 5.62. The predicted molar refractivity (Wildman–Crippen MR) is 80.4 cm³/mol. The van der Waals surface area contributed by atoms with E-state index in [-0.39, 0.29) is 6.10 Å². The van der Waals surface area contributed by atoms with Gasteiger partial charge in [0.1, 0.15) is 11.6 Å². The molecule has 0 spiro atoms. The Balaban J connectivity index is 2.31. The largest absolute Gasteiger partial charge is 0.491 e. The van der Waals surface area contributed by atoms with Crippen molar-refractivity contribution >= 4 is 5.82 Å². The molecule has 0 aliphatic carbocycles. The first-order valence-corrected chi connectivity index (χ1v) is 6.74. The topological polar surface area (TPSA) is 73.1 Å². The second-order valence-electron chi connectivity index (χ2n) is 4.76. The van der Waals surface area contributed by atoms with E-state index >= 15 is 0 Å². The fourth-order valence-corrected chi connectivity index (χ4v) is 1.84. The van der Waals surface area contributed by atoms with Crippen LogP contribution in [0.2, 0.25) is 0 Å². The van der Waals surface area contributed by atoms with Crippen molar-refractivity contribution in [1.29, 1.82) is 0 Å². The Kier molecular flexibility index (Phi) is 4.53. The van der Waals surface area contributed by atoms with Crippen LogP contribution < -0.4 is 16.0 Å². The number of benzene rings is 1. The van der Waals surface area contributed by atoms with E-state index in [2.05, 4.69) is 15.4 Å². The summed E-state index contributed by atoms with van der Waals surface area (Å²) in [4.78, 5) is 8.89. The Morgan fingerprint density at radius 2 is 1.90 bits per heavy atom. The van der Waals surface area contributed by atoms with Gasteiger partial charge < -0.3 is 10.2 Å². The first-order chi connectivity index (χ1) is 9.62. The molecule has 20 heavy (non-hydrogen) atoms. The lowest BCUT2D eigenvalue weighted by Crippen LogP contribution is -2.10. The van der Waals surface area contributed by atoms with E-state index in [4.69, 9.17) is 10.6 Å². The number of hydrogen-bond donors (Lipinski definition) is 2. The molecule has 2 rings (SSSR count). The quantitative estimate of drug-likeness (QED) is 0.646. The maximum absolute atomic E-state index is 5.62. The number of nitrogens with zero attached hydrogens (tertiary/aromatic N) is 2. The molecule has 5 nitrogen and oxygen atoms in total. The molecule has 1 heterocycles. The van der Waals surface area contributed by atoms with Gasteiger partial charge in [-0.1, -0.05) is 6.92 Å². The van der Waals surface area contributed by atoms with E-state index in [9.17, 15) is 0 Å². The van der Waals surface area contributed by atoms with E-state index in [1.165, 1.54) is 0 Å². The number of nitrogens with one attached hydrogen (secondary N) is 1. The third-order valence-electron chi connectivity index (χ3n) is 2.77. The summed E-state index contributed by atoms with van der Waals surface area (Å²) in [5.41, 5.74) is 4.46. The summed E-state index contributed by atoms with van der Waals surface area (Å²) in [6.07, 6.45) is 0.993.